The Morgan fingerprint density at radius 3 is 2.30 bits per heavy atom. The number of benzene rings is 1. The molecular weight excluding hydrogens is 372 g/mol. The van der Waals surface area contributed by atoms with Crippen LogP contribution in [0.5, 0.6) is 17.2 Å². The topological polar surface area (TPSA) is 103 Å². The largest absolute Gasteiger partial charge is 0.495 e. The summed E-state index contributed by atoms with van der Waals surface area (Å²) in [5.41, 5.74) is 7.07. The highest BCUT2D eigenvalue weighted by atomic mass is 32.2. The molecule has 1 aliphatic rings. The van der Waals surface area contributed by atoms with E-state index in [9.17, 15) is 13.2 Å². The van der Waals surface area contributed by atoms with Gasteiger partial charge in [-0.15, -0.1) is 0 Å². The van der Waals surface area contributed by atoms with Crippen LogP contribution in [0.2, 0.25) is 0 Å². The third-order valence-corrected chi connectivity index (χ3v) is 5.64. The average molecular weight is 398 g/mol. The molecule has 0 spiro atoms. The predicted octanol–water partition coefficient (Wildman–Crippen LogP) is 1.55. The zero-order valence-electron chi connectivity index (χ0n) is 16.4. The van der Waals surface area contributed by atoms with Crippen molar-refractivity contribution in [3.05, 3.63) is 17.7 Å². The van der Waals surface area contributed by atoms with Crippen LogP contribution in [0.25, 0.3) is 5.57 Å². The van der Waals surface area contributed by atoms with Gasteiger partial charge in [0.25, 0.3) is 0 Å². The van der Waals surface area contributed by atoms with E-state index in [1.165, 1.54) is 21.3 Å². The highest BCUT2D eigenvalue weighted by Gasteiger charge is 2.29. The summed E-state index contributed by atoms with van der Waals surface area (Å²) in [4.78, 5) is 11.4. The number of amides is 1. The molecule has 0 bridgehead atoms. The number of methoxy groups -OCH3 is 3. The molecule has 2 atom stereocenters. The van der Waals surface area contributed by atoms with Crippen LogP contribution in [0.1, 0.15) is 25.8 Å². The van der Waals surface area contributed by atoms with Gasteiger partial charge in [-0.05, 0) is 24.5 Å². The van der Waals surface area contributed by atoms with Crippen molar-refractivity contribution >= 4 is 21.3 Å². The number of nitrogens with one attached hydrogen (secondary N) is 2. The van der Waals surface area contributed by atoms with Gasteiger partial charge in [0.05, 0.1) is 21.3 Å². The second-order valence-corrected chi connectivity index (χ2v) is 8.50. The maximum Gasteiger partial charge on any atom is 0.234 e. The van der Waals surface area contributed by atoms with Crippen molar-refractivity contribution in [1.29, 1.82) is 0 Å². The molecule has 0 radical (unpaired) electrons. The van der Waals surface area contributed by atoms with E-state index in [-0.39, 0.29) is 34.3 Å². The SMILES string of the molecule is COc1cc(/C(C)=C/C2NNC(=O)CC2C)c(OC)c(OC)c1S(C)(=O)=O. The molecule has 0 saturated carbocycles. The van der Waals surface area contributed by atoms with Gasteiger partial charge in [0, 0.05) is 24.3 Å². The molecule has 1 aromatic carbocycles. The van der Waals surface area contributed by atoms with E-state index in [2.05, 4.69) is 10.9 Å². The summed E-state index contributed by atoms with van der Waals surface area (Å²) in [6, 6.07) is 1.54. The van der Waals surface area contributed by atoms with Gasteiger partial charge in [-0.1, -0.05) is 13.0 Å². The smallest absolute Gasteiger partial charge is 0.234 e. The summed E-state index contributed by atoms with van der Waals surface area (Å²) in [7, 11) is 0.624. The van der Waals surface area contributed by atoms with Crippen LogP contribution in [0.15, 0.2) is 17.0 Å². The van der Waals surface area contributed by atoms with Gasteiger partial charge >= 0.3 is 0 Å². The summed E-state index contributed by atoms with van der Waals surface area (Å²) < 4.78 is 40.7. The zero-order valence-corrected chi connectivity index (χ0v) is 17.2. The summed E-state index contributed by atoms with van der Waals surface area (Å²) in [6.45, 7) is 3.85. The van der Waals surface area contributed by atoms with Crippen LogP contribution in [0, 0.1) is 5.92 Å². The van der Waals surface area contributed by atoms with Gasteiger partial charge in [-0.25, -0.2) is 13.8 Å². The molecular formula is C18H26N2O6S. The third-order valence-electron chi connectivity index (χ3n) is 4.51. The van der Waals surface area contributed by atoms with E-state index in [0.29, 0.717) is 17.7 Å². The van der Waals surface area contributed by atoms with Crippen molar-refractivity contribution in [1.82, 2.24) is 10.9 Å². The molecule has 27 heavy (non-hydrogen) atoms. The summed E-state index contributed by atoms with van der Waals surface area (Å²) in [6.07, 6.45) is 3.46. The summed E-state index contributed by atoms with van der Waals surface area (Å²) in [5, 5.41) is 0. The molecule has 1 amide bonds. The van der Waals surface area contributed by atoms with Crippen molar-refractivity contribution in [2.24, 2.45) is 5.92 Å². The van der Waals surface area contributed by atoms with Gasteiger partial charge in [0.2, 0.25) is 5.91 Å². The van der Waals surface area contributed by atoms with E-state index in [1.807, 2.05) is 19.9 Å². The average Bonchev–Trinajstić information content (AvgIpc) is 2.60. The Bertz CT molecular complexity index is 863. The second kappa shape index (κ2) is 8.18. The number of rotatable bonds is 6. The highest BCUT2D eigenvalue weighted by Crippen LogP contribution is 2.45. The highest BCUT2D eigenvalue weighted by molar-refractivity contribution is 7.91. The fourth-order valence-electron chi connectivity index (χ4n) is 3.12. The second-order valence-electron chi connectivity index (χ2n) is 6.54. The van der Waals surface area contributed by atoms with Gasteiger partial charge in [-0.3, -0.25) is 10.2 Å². The van der Waals surface area contributed by atoms with Gasteiger partial charge in [0.1, 0.15) is 5.75 Å². The lowest BCUT2D eigenvalue weighted by Gasteiger charge is -2.28. The molecule has 2 unspecified atom stereocenters. The van der Waals surface area contributed by atoms with Crippen LogP contribution < -0.4 is 25.1 Å². The number of hydrogen-bond donors (Lipinski definition) is 2. The minimum Gasteiger partial charge on any atom is -0.495 e. The lowest BCUT2D eigenvalue weighted by molar-refractivity contribution is -0.125. The van der Waals surface area contributed by atoms with Crippen molar-refractivity contribution in [2.75, 3.05) is 27.6 Å². The summed E-state index contributed by atoms with van der Waals surface area (Å²) in [5.74, 6) is 0.623. The van der Waals surface area contributed by atoms with Gasteiger partial charge in [0.15, 0.2) is 26.2 Å². The quantitative estimate of drug-likeness (QED) is 0.749. The molecule has 8 nitrogen and oxygen atoms in total. The minimum atomic E-state index is -3.61. The molecule has 0 aromatic heterocycles. The summed E-state index contributed by atoms with van der Waals surface area (Å²) >= 11 is 0. The van der Waals surface area contributed by atoms with Crippen LogP contribution >= 0.6 is 0 Å². The number of carbonyl (C=O) groups is 1. The van der Waals surface area contributed by atoms with Crippen LogP contribution in [0.4, 0.5) is 0 Å². The fourth-order valence-corrected chi connectivity index (χ4v) is 4.15. The molecule has 1 aromatic rings. The van der Waals surface area contributed by atoms with Crippen LogP contribution in [0.3, 0.4) is 0 Å². The Hall–Kier alpha value is -2.26. The number of ether oxygens (including phenoxy) is 3. The predicted molar refractivity (Wildman–Crippen MR) is 102 cm³/mol. The first-order valence-corrected chi connectivity index (χ1v) is 10.3. The molecule has 1 fully saturated rings. The molecule has 2 rings (SSSR count). The third kappa shape index (κ3) is 4.36. The first-order valence-electron chi connectivity index (χ1n) is 8.40. The maximum atomic E-state index is 12.3. The normalized spacial score (nSPS) is 20.8. The van der Waals surface area contributed by atoms with E-state index < -0.39 is 9.84 Å². The van der Waals surface area contributed by atoms with Crippen molar-refractivity contribution in [3.63, 3.8) is 0 Å². The molecule has 1 saturated heterocycles. The lowest BCUT2D eigenvalue weighted by Crippen LogP contribution is -2.52. The zero-order chi connectivity index (χ0) is 20.4. The van der Waals surface area contributed by atoms with Crippen molar-refractivity contribution < 1.29 is 27.4 Å². The fraction of sp³-hybridized carbons (Fsp3) is 0.500. The van der Waals surface area contributed by atoms with Crippen molar-refractivity contribution in [2.45, 2.75) is 31.2 Å². The number of carbonyl (C=O) groups excluding carboxylic acids is 1. The molecule has 0 aliphatic carbocycles. The van der Waals surface area contributed by atoms with Crippen LogP contribution in [-0.2, 0) is 14.6 Å². The molecule has 9 heteroatoms. The van der Waals surface area contributed by atoms with Crippen LogP contribution in [-0.4, -0.2) is 48.0 Å². The van der Waals surface area contributed by atoms with Gasteiger partial charge in [-0.2, -0.15) is 0 Å². The Morgan fingerprint density at radius 1 is 1.19 bits per heavy atom. The first kappa shape index (κ1) is 21.0. The lowest BCUT2D eigenvalue weighted by atomic mass is 9.93. The van der Waals surface area contributed by atoms with E-state index in [4.69, 9.17) is 14.2 Å². The Labute approximate surface area is 159 Å². The number of hydrogen-bond acceptors (Lipinski definition) is 7. The number of sulfone groups is 1. The number of hydrazine groups is 1. The van der Waals surface area contributed by atoms with Gasteiger partial charge < -0.3 is 14.2 Å². The van der Waals surface area contributed by atoms with E-state index in [1.54, 1.807) is 6.07 Å². The number of allylic oxidation sites excluding steroid dienone is 1. The Balaban J connectivity index is 2.62. The Kier molecular flexibility index (Phi) is 6.38. The molecule has 1 aliphatic heterocycles. The Morgan fingerprint density at radius 2 is 1.81 bits per heavy atom. The molecule has 1 heterocycles. The van der Waals surface area contributed by atoms with E-state index in [0.717, 1.165) is 11.8 Å². The monoisotopic (exact) mass is 398 g/mol. The molecule has 2 N–H and O–H groups in total. The van der Waals surface area contributed by atoms with E-state index >= 15 is 0 Å². The maximum absolute atomic E-state index is 12.3. The molecule has 150 valence electrons. The first-order chi connectivity index (χ1) is 12.6. The van der Waals surface area contributed by atoms with Crippen molar-refractivity contribution in [3.8, 4) is 17.2 Å². The minimum absolute atomic E-state index is 0.0526. The standard InChI is InChI=1S/C18H26N2O6S/c1-10(7-13-11(2)8-15(21)20-19-13)12-9-14(24-3)18(27(6,22)23)17(26-5)16(12)25-4/h7,9,11,13,19H,8H2,1-6H3,(H,20,21)/b10-7+.